The smallest absolute Gasteiger partial charge is 0.262 e. The van der Waals surface area contributed by atoms with Gasteiger partial charge in [0, 0.05) is 5.56 Å². The molecule has 5 heteroatoms. The van der Waals surface area contributed by atoms with Gasteiger partial charge in [-0.2, -0.15) is 0 Å². The number of anilines is 1. The molecule has 0 fully saturated rings. The van der Waals surface area contributed by atoms with Gasteiger partial charge in [-0.05, 0) is 49.7 Å². The number of benzene rings is 3. The first kappa shape index (κ1) is 18.1. The summed E-state index contributed by atoms with van der Waals surface area (Å²) in [6.07, 6.45) is 0. The second-order valence-electron chi connectivity index (χ2n) is 6.26. The molecule has 0 aliphatic carbocycles. The summed E-state index contributed by atoms with van der Waals surface area (Å²) in [6, 6.07) is 20.1. The van der Waals surface area contributed by atoms with Gasteiger partial charge in [-0.3, -0.25) is 4.31 Å². The van der Waals surface area contributed by atoms with Gasteiger partial charge in [-0.15, -0.1) is 0 Å². The van der Waals surface area contributed by atoms with Crippen LogP contribution >= 0.6 is 0 Å². The highest BCUT2D eigenvalue weighted by molar-refractivity contribution is 7.92. The summed E-state index contributed by atoms with van der Waals surface area (Å²) in [7, 11) is -3.84. The molecule has 0 amide bonds. The molecule has 3 rings (SSSR count). The molecule has 0 aliphatic rings. The van der Waals surface area contributed by atoms with Crippen LogP contribution in [0.1, 0.15) is 16.7 Å². The zero-order valence-corrected chi connectivity index (χ0v) is 15.5. The van der Waals surface area contributed by atoms with Crippen molar-refractivity contribution in [3.63, 3.8) is 0 Å². The Labute approximate surface area is 153 Å². The van der Waals surface area contributed by atoms with Gasteiger partial charge in [-0.25, -0.2) is 12.8 Å². The van der Waals surface area contributed by atoms with Crippen LogP contribution in [0.25, 0.3) is 0 Å². The van der Waals surface area contributed by atoms with Crippen LogP contribution in [0.15, 0.2) is 77.7 Å². The van der Waals surface area contributed by atoms with Crippen LogP contribution in [0.2, 0.25) is 0 Å². The van der Waals surface area contributed by atoms with E-state index in [0.29, 0.717) is 11.3 Å². The minimum Gasteiger partial charge on any atom is -0.262 e. The molecule has 0 unspecified atom stereocenters. The predicted octanol–water partition coefficient (Wildman–Crippen LogP) is 4.84. The predicted molar refractivity (Wildman–Crippen MR) is 102 cm³/mol. The van der Waals surface area contributed by atoms with Crippen molar-refractivity contribution in [2.75, 3.05) is 4.31 Å². The number of hydrogen-bond donors (Lipinski definition) is 0. The quantitative estimate of drug-likeness (QED) is 0.645. The molecule has 0 N–H and O–H groups in total. The van der Waals surface area contributed by atoms with Gasteiger partial charge in [0.2, 0.25) is 0 Å². The van der Waals surface area contributed by atoms with E-state index < -0.39 is 15.8 Å². The van der Waals surface area contributed by atoms with Crippen molar-refractivity contribution in [1.29, 1.82) is 0 Å². The second-order valence-corrected chi connectivity index (χ2v) is 8.12. The van der Waals surface area contributed by atoms with Crippen molar-refractivity contribution in [2.24, 2.45) is 0 Å². The number of aryl methyl sites for hydroxylation is 2. The summed E-state index contributed by atoms with van der Waals surface area (Å²) >= 11 is 0. The first-order chi connectivity index (χ1) is 12.4. The monoisotopic (exact) mass is 369 g/mol. The van der Waals surface area contributed by atoms with Gasteiger partial charge in [0.05, 0.1) is 17.1 Å². The summed E-state index contributed by atoms with van der Waals surface area (Å²) in [5, 5.41) is 0. The summed E-state index contributed by atoms with van der Waals surface area (Å²) in [6.45, 7) is 3.71. The van der Waals surface area contributed by atoms with Crippen LogP contribution in [0.4, 0.5) is 10.1 Å². The van der Waals surface area contributed by atoms with Crippen LogP contribution in [0, 0.1) is 19.7 Å². The van der Waals surface area contributed by atoms with E-state index in [2.05, 4.69) is 0 Å². The number of hydrogen-bond acceptors (Lipinski definition) is 2. The van der Waals surface area contributed by atoms with E-state index in [1.54, 1.807) is 60.7 Å². The molecule has 0 saturated carbocycles. The average molecular weight is 369 g/mol. The maximum atomic E-state index is 14.2. The lowest BCUT2D eigenvalue weighted by molar-refractivity contribution is 0.585. The van der Waals surface area contributed by atoms with Gasteiger partial charge >= 0.3 is 0 Å². The summed E-state index contributed by atoms with van der Waals surface area (Å²) in [5.41, 5.74) is 2.74. The number of nitrogens with zero attached hydrogens (tertiary/aromatic N) is 1. The minimum atomic E-state index is -3.84. The molecule has 3 nitrogen and oxygen atoms in total. The number of sulfonamides is 1. The third-order valence-electron chi connectivity index (χ3n) is 4.17. The first-order valence-corrected chi connectivity index (χ1v) is 9.71. The lowest BCUT2D eigenvalue weighted by Gasteiger charge is -2.25. The molecular weight excluding hydrogens is 349 g/mol. The molecule has 0 heterocycles. The average Bonchev–Trinajstić information content (AvgIpc) is 2.61. The molecule has 0 radical (unpaired) electrons. The third kappa shape index (κ3) is 3.78. The Morgan fingerprint density at radius 2 is 1.54 bits per heavy atom. The Hall–Kier alpha value is -2.66. The van der Waals surface area contributed by atoms with Gasteiger partial charge in [-0.1, -0.05) is 48.0 Å². The van der Waals surface area contributed by atoms with E-state index in [9.17, 15) is 12.8 Å². The van der Waals surface area contributed by atoms with E-state index in [1.165, 1.54) is 10.4 Å². The van der Waals surface area contributed by atoms with Gasteiger partial charge in [0.1, 0.15) is 5.82 Å². The van der Waals surface area contributed by atoms with E-state index in [1.807, 2.05) is 19.9 Å². The van der Waals surface area contributed by atoms with Crippen LogP contribution in [0.5, 0.6) is 0 Å². The highest BCUT2D eigenvalue weighted by Crippen LogP contribution is 2.27. The molecule has 0 spiro atoms. The molecule has 0 bridgehead atoms. The molecule has 3 aromatic rings. The van der Waals surface area contributed by atoms with Crippen molar-refractivity contribution in [3.05, 3.63) is 95.3 Å². The fraction of sp³-hybridized carbons (Fsp3) is 0.143. The van der Waals surface area contributed by atoms with Gasteiger partial charge < -0.3 is 0 Å². The lowest BCUT2D eigenvalue weighted by Crippen LogP contribution is -2.31. The molecular formula is C21H20FNO2S. The molecule has 26 heavy (non-hydrogen) atoms. The first-order valence-electron chi connectivity index (χ1n) is 8.27. The van der Waals surface area contributed by atoms with Crippen LogP contribution in [-0.2, 0) is 16.6 Å². The number of rotatable bonds is 5. The zero-order valence-electron chi connectivity index (χ0n) is 14.7. The molecule has 0 atom stereocenters. The maximum absolute atomic E-state index is 14.2. The van der Waals surface area contributed by atoms with Crippen LogP contribution in [0.3, 0.4) is 0 Å². The third-order valence-corrected chi connectivity index (χ3v) is 5.96. The van der Waals surface area contributed by atoms with E-state index in [0.717, 1.165) is 11.1 Å². The van der Waals surface area contributed by atoms with Crippen LogP contribution < -0.4 is 4.31 Å². The Bertz CT molecular complexity index is 1010. The molecule has 0 aliphatic heterocycles. The Kier molecular flexibility index (Phi) is 5.09. The summed E-state index contributed by atoms with van der Waals surface area (Å²) in [5.74, 6) is -0.427. The second kappa shape index (κ2) is 7.30. The topological polar surface area (TPSA) is 37.4 Å². The highest BCUT2D eigenvalue weighted by Gasteiger charge is 2.26. The van der Waals surface area contributed by atoms with Crippen molar-refractivity contribution < 1.29 is 12.8 Å². The Morgan fingerprint density at radius 1 is 0.846 bits per heavy atom. The normalized spacial score (nSPS) is 11.3. The summed E-state index contributed by atoms with van der Waals surface area (Å²) < 4.78 is 42.0. The largest absolute Gasteiger partial charge is 0.264 e. The standard InChI is InChI=1S/C21H20FNO2S/c1-16-10-12-20(13-11-16)26(24,25)23(19-8-5-6-17(2)14-19)15-18-7-3-4-9-21(18)22/h3-14H,15H2,1-2H3. The maximum Gasteiger partial charge on any atom is 0.264 e. The fourth-order valence-electron chi connectivity index (χ4n) is 2.72. The molecule has 0 saturated heterocycles. The van der Waals surface area contributed by atoms with Crippen molar-refractivity contribution >= 4 is 15.7 Å². The van der Waals surface area contributed by atoms with Crippen LogP contribution in [-0.4, -0.2) is 8.42 Å². The van der Waals surface area contributed by atoms with E-state index >= 15 is 0 Å². The SMILES string of the molecule is Cc1ccc(S(=O)(=O)N(Cc2ccccc2F)c2cccc(C)c2)cc1. The molecule has 3 aromatic carbocycles. The lowest BCUT2D eigenvalue weighted by atomic mass is 10.2. The summed E-state index contributed by atoms with van der Waals surface area (Å²) in [4.78, 5) is 0.181. The van der Waals surface area contributed by atoms with Gasteiger partial charge in [0.25, 0.3) is 10.0 Å². The Balaban J connectivity index is 2.11. The van der Waals surface area contributed by atoms with E-state index in [-0.39, 0.29) is 11.4 Å². The zero-order chi connectivity index (χ0) is 18.7. The molecule has 134 valence electrons. The van der Waals surface area contributed by atoms with Crippen molar-refractivity contribution in [2.45, 2.75) is 25.3 Å². The fourth-order valence-corrected chi connectivity index (χ4v) is 4.15. The number of halogens is 1. The Morgan fingerprint density at radius 3 is 2.19 bits per heavy atom. The van der Waals surface area contributed by atoms with Gasteiger partial charge in [0.15, 0.2) is 0 Å². The van der Waals surface area contributed by atoms with Crippen molar-refractivity contribution in [1.82, 2.24) is 0 Å². The molecule has 0 aromatic heterocycles. The van der Waals surface area contributed by atoms with E-state index in [4.69, 9.17) is 0 Å². The van der Waals surface area contributed by atoms with Crippen molar-refractivity contribution in [3.8, 4) is 0 Å². The highest BCUT2D eigenvalue weighted by atomic mass is 32.2. The minimum absolute atomic E-state index is 0.0770.